The summed E-state index contributed by atoms with van der Waals surface area (Å²) in [6.45, 7) is 3.73. The highest BCUT2D eigenvalue weighted by Gasteiger charge is 2.35. The van der Waals surface area contributed by atoms with Gasteiger partial charge < -0.3 is 14.8 Å². The molecule has 2 heterocycles. The maximum Gasteiger partial charge on any atom is 0.227 e. The molecule has 1 fully saturated rings. The summed E-state index contributed by atoms with van der Waals surface area (Å²) in [5.41, 5.74) is 2.06. The van der Waals surface area contributed by atoms with Crippen molar-refractivity contribution in [1.29, 1.82) is 0 Å². The van der Waals surface area contributed by atoms with Gasteiger partial charge in [0.1, 0.15) is 0 Å². The van der Waals surface area contributed by atoms with Crippen LogP contribution < -0.4 is 10.2 Å². The fraction of sp³-hybridized carbons (Fsp3) is 0.389. The van der Waals surface area contributed by atoms with Crippen molar-refractivity contribution in [2.24, 2.45) is 5.92 Å². The third-order valence-electron chi connectivity index (χ3n) is 4.39. The Kier molecular flexibility index (Phi) is 4.93. The fourth-order valence-electron chi connectivity index (χ4n) is 3.06. The highest BCUT2D eigenvalue weighted by atomic mass is 16.2. The van der Waals surface area contributed by atoms with Gasteiger partial charge in [-0.05, 0) is 18.1 Å². The summed E-state index contributed by atoms with van der Waals surface area (Å²) in [6.07, 6.45) is 6.42. The average molecular weight is 326 g/mol. The van der Waals surface area contributed by atoms with Crippen molar-refractivity contribution in [1.82, 2.24) is 14.9 Å². The molecule has 0 unspecified atom stereocenters. The van der Waals surface area contributed by atoms with Gasteiger partial charge in [-0.15, -0.1) is 0 Å². The van der Waals surface area contributed by atoms with Gasteiger partial charge in [-0.2, -0.15) is 0 Å². The van der Waals surface area contributed by atoms with Crippen molar-refractivity contribution in [3.8, 4) is 0 Å². The van der Waals surface area contributed by atoms with E-state index in [4.69, 9.17) is 0 Å². The lowest BCUT2D eigenvalue weighted by atomic mass is 10.1. The van der Waals surface area contributed by atoms with Gasteiger partial charge in [-0.25, -0.2) is 4.98 Å². The number of hydrogen-bond acceptors (Lipinski definition) is 3. The summed E-state index contributed by atoms with van der Waals surface area (Å²) >= 11 is 0. The highest BCUT2D eigenvalue weighted by molar-refractivity contribution is 6.00. The quantitative estimate of drug-likeness (QED) is 0.877. The van der Waals surface area contributed by atoms with Crippen molar-refractivity contribution in [3.63, 3.8) is 0 Å². The van der Waals surface area contributed by atoms with Gasteiger partial charge in [-0.1, -0.05) is 25.1 Å². The first kappa shape index (κ1) is 16.2. The first-order chi connectivity index (χ1) is 11.7. The number of carbonyl (C=O) groups is 2. The number of aromatic nitrogens is 2. The zero-order valence-electron chi connectivity index (χ0n) is 13.8. The Morgan fingerprint density at radius 3 is 2.96 bits per heavy atom. The Bertz CT molecular complexity index is 712. The van der Waals surface area contributed by atoms with Crippen LogP contribution in [0.2, 0.25) is 0 Å². The number of anilines is 1. The number of rotatable bonds is 6. The summed E-state index contributed by atoms with van der Waals surface area (Å²) in [5.74, 6) is -0.323. The molecule has 126 valence electrons. The Morgan fingerprint density at radius 2 is 2.21 bits per heavy atom. The van der Waals surface area contributed by atoms with Crippen LogP contribution in [0.15, 0.2) is 43.0 Å². The second-order valence-electron chi connectivity index (χ2n) is 5.98. The summed E-state index contributed by atoms with van der Waals surface area (Å²) in [6, 6.07) is 7.89. The first-order valence-electron chi connectivity index (χ1n) is 8.30. The summed E-state index contributed by atoms with van der Waals surface area (Å²) in [5, 5.41) is 2.92. The number of para-hydroxylation sites is 1. The maximum atomic E-state index is 12.4. The molecule has 2 amide bonds. The normalized spacial score (nSPS) is 17.3. The number of nitrogens with zero attached hydrogens (tertiary/aromatic N) is 3. The minimum absolute atomic E-state index is 0.0191. The van der Waals surface area contributed by atoms with Gasteiger partial charge in [0.25, 0.3) is 0 Å². The number of carbonyl (C=O) groups excluding carboxylic acids is 2. The topological polar surface area (TPSA) is 67.2 Å². The zero-order chi connectivity index (χ0) is 16.9. The fourth-order valence-corrected chi connectivity index (χ4v) is 3.06. The molecular weight excluding hydrogens is 304 g/mol. The molecule has 24 heavy (non-hydrogen) atoms. The molecule has 1 aliphatic heterocycles. The lowest BCUT2D eigenvalue weighted by Crippen LogP contribution is -2.34. The Balaban J connectivity index is 1.58. The molecule has 6 nitrogen and oxygen atoms in total. The van der Waals surface area contributed by atoms with Crippen LogP contribution in [-0.4, -0.2) is 34.5 Å². The van der Waals surface area contributed by atoms with E-state index in [0.29, 0.717) is 19.6 Å². The molecule has 0 aliphatic carbocycles. The molecule has 1 N–H and O–H groups in total. The van der Waals surface area contributed by atoms with E-state index in [1.54, 1.807) is 17.4 Å². The van der Waals surface area contributed by atoms with Gasteiger partial charge in [0, 0.05) is 44.1 Å². The van der Waals surface area contributed by atoms with Crippen LogP contribution in [0.4, 0.5) is 5.69 Å². The third-order valence-corrected chi connectivity index (χ3v) is 4.39. The van der Waals surface area contributed by atoms with Crippen LogP contribution in [0.1, 0.15) is 18.9 Å². The van der Waals surface area contributed by atoms with E-state index in [2.05, 4.69) is 17.2 Å². The molecule has 1 saturated heterocycles. The number of nitrogens with one attached hydrogen (secondary N) is 1. The van der Waals surface area contributed by atoms with Gasteiger partial charge in [-0.3, -0.25) is 9.59 Å². The van der Waals surface area contributed by atoms with E-state index >= 15 is 0 Å². The van der Waals surface area contributed by atoms with Gasteiger partial charge in [0.15, 0.2) is 0 Å². The van der Waals surface area contributed by atoms with E-state index < -0.39 is 0 Å². The Labute approximate surface area is 141 Å². The molecule has 1 atom stereocenters. The number of hydrogen-bond donors (Lipinski definition) is 1. The summed E-state index contributed by atoms with van der Waals surface area (Å²) in [4.78, 5) is 30.4. The predicted octanol–water partition coefficient (Wildman–Crippen LogP) is 1.61. The minimum atomic E-state index is -0.287. The van der Waals surface area contributed by atoms with Gasteiger partial charge in [0.2, 0.25) is 11.8 Å². The maximum absolute atomic E-state index is 12.4. The number of amides is 2. The number of imidazole rings is 1. The molecule has 3 rings (SSSR count). The van der Waals surface area contributed by atoms with Crippen LogP contribution >= 0.6 is 0 Å². The van der Waals surface area contributed by atoms with Gasteiger partial charge >= 0.3 is 0 Å². The van der Waals surface area contributed by atoms with Crippen molar-refractivity contribution >= 4 is 17.5 Å². The van der Waals surface area contributed by atoms with Crippen LogP contribution in [-0.2, 0) is 22.6 Å². The molecule has 1 aromatic carbocycles. The molecule has 1 aromatic heterocycles. The van der Waals surface area contributed by atoms with Crippen LogP contribution in [0.5, 0.6) is 0 Å². The molecule has 0 spiro atoms. The number of benzene rings is 1. The lowest BCUT2D eigenvalue weighted by molar-refractivity contribution is -0.126. The zero-order valence-corrected chi connectivity index (χ0v) is 13.8. The molecule has 0 radical (unpaired) electrons. The van der Waals surface area contributed by atoms with E-state index in [9.17, 15) is 9.59 Å². The molecule has 1 aliphatic rings. The monoisotopic (exact) mass is 326 g/mol. The standard InChI is InChI=1S/C18H22N4O2/c1-2-14-5-3-4-6-16(14)22-12-15(11-17(22)23)18(24)20-8-10-21-9-7-19-13-21/h3-7,9,13,15H,2,8,10-12H2,1H3,(H,20,24)/t15-/m1/s1. The largest absolute Gasteiger partial charge is 0.354 e. The predicted molar refractivity (Wildman–Crippen MR) is 91.5 cm³/mol. The molecular formula is C18H22N4O2. The Morgan fingerprint density at radius 1 is 1.38 bits per heavy atom. The summed E-state index contributed by atoms with van der Waals surface area (Å²) in [7, 11) is 0. The van der Waals surface area contributed by atoms with E-state index in [-0.39, 0.29) is 24.2 Å². The van der Waals surface area contributed by atoms with E-state index in [1.807, 2.05) is 35.0 Å². The average Bonchev–Trinajstić information content (AvgIpc) is 3.24. The molecule has 0 bridgehead atoms. The van der Waals surface area contributed by atoms with E-state index in [1.165, 1.54) is 0 Å². The Hall–Kier alpha value is -2.63. The van der Waals surface area contributed by atoms with Crippen LogP contribution in [0.25, 0.3) is 0 Å². The molecule has 6 heteroatoms. The highest BCUT2D eigenvalue weighted by Crippen LogP contribution is 2.28. The smallest absolute Gasteiger partial charge is 0.227 e. The third kappa shape index (κ3) is 3.48. The second-order valence-corrected chi connectivity index (χ2v) is 5.98. The molecule has 0 saturated carbocycles. The van der Waals surface area contributed by atoms with Crippen molar-refractivity contribution in [2.45, 2.75) is 26.3 Å². The van der Waals surface area contributed by atoms with Crippen molar-refractivity contribution in [3.05, 3.63) is 48.5 Å². The molecule has 2 aromatic rings. The lowest BCUT2D eigenvalue weighted by Gasteiger charge is -2.20. The van der Waals surface area contributed by atoms with Crippen molar-refractivity contribution < 1.29 is 9.59 Å². The van der Waals surface area contributed by atoms with Crippen LogP contribution in [0, 0.1) is 5.92 Å². The summed E-state index contributed by atoms with van der Waals surface area (Å²) < 4.78 is 1.91. The van der Waals surface area contributed by atoms with Gasteiger partial charge in [0.05, 0.1) is 12.2 Å². The van der Waals surface area contributed by atoms with Crippen molar-refractivity contribution in [2.75, 3.05) is 18.0 Å². The minimum Gasteiger partial charge on any atom is -0.354 e. The second kappa shape index (κ2) is 7.29. The van der Waals surface area contributed by atoms with E-state index in [0.717, 1.165) is 17.7 Å². The van der Waals surface area contributed by atoms with Crippen LogP contribution in [0.3, 0.4) is 0 Å². The first-order valence-corrected chi connectivity index (χ1v) is 8.30. The number of aryl methyl sites for hydroxylation is 1. The SMILES string of the molecule is CCc1ccccc1N1C[C@H](C(=O)NCCn2ccnc2)CC1=O.